The first-order valence-corrected chi connectivity index (χ1v) is 5.65. The van der Waals surface area contributed by atoms with Crippen molar-refractivity contribution in [1.29, 1.82) is 0 Å². The molecule has 1 amide bonds. The predicted molar refractivity (Wildman–Crippen MR) is 68.8 cm³/mol. The van der Waals surface area contributed by atoms with E-state index < -0.39 is 6.10 Å². The summed E-state index contributed by atoms with van der Waals surface area (Å²) >= 11 is 6.03. The van der Waals surface area contributed by atoms with Gasteiger partial charge in [0.1, 0.15) is 6.10 Å². The lowest BCUT2D eigenvalue weighted by atomic mass is 10.2. The summed E-state index contributed by atoms with van der Waals surface area (Å²) in [6.45, 7) is 2.12. The van der Waals surface area contributed by atoms with Gasteiger partial charge in [0.25, 0.3) is 5.91 Å². The lowest BCUT2D eigenvalue weighted by Gasteiger charge is -2.21. The number of rotatable bonds is 4. The van der Waals surface area contributed by atoms with E-state index in [9.17, 15) is 4.79 Å². The summed E-state index contributed by atoms with van der Waals surface area (Å²) in [6, 6.07) is 5.22. The molecule has 1 aromatic carbocycles. The van der Waals surface area contributed by atoms with Gasteiger partial charge in [-0.1, -0.05) is 11.6 Å². The van der Waals surface area contributed by atoms with Crippen molar-refractivity contribution in [3.05, 3.63) is 28.8 Å². The van der Waals surface area contributed by atoms with Crippen LogP contribution in [0.15, 0.2) is 18.2 Å². The molecule has 0 spiro atoms. The fraction of sp³-hybridized carbons (Fsp3) is 0.417. The van der Waals surface area contributed by atoms with Gasteiger partial charge in [0, 0.05) is 31.4 Å². The van der Waals surface area contributed by atoms with Crippen LogP contribution in [0, 0.1) is 0 Å². The van der Waals surface area contributed by atoms with E-state index in [0.29, 0.717) is 17.3 Å². The van der Waals surface area contributed by atoms with Crippen molar-refractivity contribution >= 4 is 23.2 Å². The number of nitrogen functional groups attached to an aromatic ring is 1. The van der Waals surface area contributed by atoms with Crippen LogP contribution in [0.4, 0.5) is 5.69 Å². The Morgan fingerprint density at radius 2 is 2.24 bits per heavy atom. The number of halogens is 1. The Morgan fingerprint density at radius 1 is 1.59 bits per heavy atom. The minimum Gasteiger partial charge on any atom is -0.399 e. The molecule has 0 aromatic heterocycles. The fourth-order valence-electron chi connectivity index (χ4n) is 1.46. The number of hydrogen-bond acceptors (Lipinski definition) is 3. The summed E-state index contributed by atoms with van der Waals surface area (Å²) in [5.74, 6) is -0.0917. The van der Waals surface area contributed by atoms with E-state index in [4.69, 9.17) is 22.1 Å². The van der Waals surface area contributed by atoms with E-state index in [1.54, 1.807) is 37.1 Å². The molecule has 1 rings (SSSR count). The maximum atomic E-state index is 11.8. The van der Waals surface area contributed by atoms with Crippen LogP contribution in [0.25, 0.3) is 0 Å². The Labute approximate surface area is 106 Å². The first kappa shape index (κ1) is 13.8. The van der Waals surface area contributed by atoms with Crippen LogP contribution in [-0.2, 0) is 16.1 Å². The number of likely N-dealkylation sites (N-methyl/N-ethyl adjacent to an activating group) is 1. The third-order valence-corrected chi connectivity index (χ3v) is 2.92. The molecular formula is C12H17ClN2O2. The highest BCUT2D eigenvalue weighted by Gasteiger charge is 2.17. The first-order valence-electron chi connectivity index (χ1n) is 5.27. The maximum absolute atomic E-state index is 11.8. The van der Waals surface area contributed by atoms with Crippen LogP contribution in [-0.4, -0.2) is 31.1 Å². The molecule has 5 heteroatoms. The molecule has 1 unspecified atom stereocenters. The second-order valence-corrected chi connectivity index (χ2v) is 4.33. The van der Waals surface area contributed by atoms with Crippen LogP contribution in [0.5, 0.6) is 0 Å². The number of ether oxygens (including phenoxy) is 1. The van der Waals surface area contributed by atoms with E-state index in [1.165, 1.54) is 7.11 Å². The number of carbonyl (C=O) groups excluding carboxylic acids is 1. The highest BCUT2D eigenvalue weighted by Crippen LogP contribution is 2.20. The number of anilines is 1. The van der Waals surface area contributed by atoms with Crippen LogP contribution in [0.1, 0.15) is 12.5 Å². The summed E-state index contributed by atoms with van der Waals surface area (Å²) < 4.78 is 4.98. The standard InChI is InChI=1S/C12H17ClN2O2/c1-8(17-3)12(16)15(2)7-9-6-10(14)4-5-11(9)13/h4-6,8H,7,14H2,1-3H3. The van der Waals surface area contributed by atoms with E-state index in [1.807, 2.05) is 0 Å². The Morgan fingerprint density at radius 3 is 2.82 bits per heavy atom. The molecule has 0 saturated heterocycles. The lowest BCUT2D eigenvalue weighted by molar-refractivity contribution is -0.140. The highest BCUT2D eigenvalue weighted by molar-refractivity contribution is 6.31. The highest BCUT2D eigenvalue weighted by atomic mass is 35.5. The van der Waals surface area contributed by atoms with Crippen molar-refractivity contribution in [1.82, 2.24) is 4.90 Å². The molecule has 2 N–H and O–H groups in total. The van der Waals surface area contributed by atoms with Gasteiger partial charge in [-0.25, -0.2) is 0 Å². The average Bonchev–Trinajstić information content (AvgIpc) is 2.31. The molecule has 94 valence electrons. The molecule has 0 aliphatic heterocycles. The number of nitrogens with zero attached hydrogens (tertiary/aromatic N) is 1. The van der Waals surface area contributed by atoms with Gasteiger partial charge in [-0.15, -0.1) is 0 Å². The number of methoxy groups -OCH3 is 1. The molecule has 0 aliphatic carbocycles. The summed E-state index contributed by atoms with van der Waals surface area (Å²) in [4.78, 5) is 13.4. The third kappa shape index (κ3) is 3.61. The average molecular weight is 257 g/mol. The van der Waals surface area contributed by atoms with Gasteiger partial charge in [0.2, 0.25) is 0 Å². The molecule has 4 nitrogen and oxygen atoms in total. The zero-order valence-corrected chi connectivity index (χ0v) is 11.0. The third-order valence-electron chi connectivity index (χ3n) is 2.55. The van der Waals surface area contributed by atoms with E-state index in [0.717, 1.165) is 5.56 Å². The summed E-state index contributed by atoms with van der Waals surface area (Å²) in [5, 5.41) is 0.601. The van der Waals surface area contributed by atoms with Crippen molar-refractivity contribution in [3.63, 3.8) is 0 Å². The molecule has 0 heterocycles. The van der Waals surface area contributed by atoms with Crippen LogP contribution < -0.4 is 5.73 Å². The molecule has 0 fully saturated rings. The van der Waals surface area contributed by atoms with Crippen molar-refractivity contribution in [3.8, 4) is 0 Å². The van der Waals surface area contributed by atoms with Gasteiger partial charge >= 0.3 is 0 Å². The second-order valence-electron chi connectivity index (χ2n) is 3.92. The minimum absolute atomic E-state index is 0.0917. The summed E-state index contributed by atoms with van der Waals surface area (Å²) in [7, 11) is 3.21. The first-order chi connectivity index (χ1) is 7.95. The summed E-state index contributed by atoms with van der Waals surface area (Å²) in [6.07, 6.45) is -0.458. The van der Waals surface area contributed by atoms with Gasteiger partial charge < -0.3 is 15.4 Å². The predicted octanol–water partition coefficient (Wildman–Crippen LogP) is 1.92. The zero-order valence-electron chi connectivity index (χ0n) is 10.2. The zero-order chi connectivity index (χ0) is 13.0. The topological polar surface area (TPSA) is 55.6 Å². The van der Waals surface area contributed by atoms with E-state index in [-0.39, 0.29) is 5.91 Å². The van der Waals surface area contributed by atoms with Crippen molar-refractivity contribution in [2.24, 2.45) is 0 Å². The number of hydrogen-bond donors (Lipinski definition) is 1. The molecule has 0 radical (unpaired) electrons. The minimum atomic E-state index is -0.458. The lowest BCUT2D eigenvalue weighted by Crippen LogP contribution is -2.35. The van der Waals surface area contributed by atoms with Crippen LogP contribution >= 0.6 is 11.6 Å². The number of amides is 1. The molecule has 0 aliphatic rings. The summed E-state index contributed by atoms with van der Waals surface area (Å²) in [5.41, 5.74) is 7.13. The quantitative estimate of drug-likeness (QED) is 0.838. The number of carbonyl (C=O) groups is 1. The van der Waals surface area contributed by atoms with Crippen LogP contribution in [0.3, 0.4) is 0 Å². The normalized spacial score (nSPS) is 12.2. The molecule has 17 heavy (non-hydrogen) atoms. The Kier molecular flexibility index (Phi) is 4.78. The van der Waals surface area contributed by atoms with Gasteiger partial charge in [0.15, 0.2) is 0 Å². The Hall–Kier alpha value is -1.26. The fourth-order valence-corrected chi connectivity index (χ4v) is 1.64. The molecule has 0 bridgehead atoms. The SMILES string of the molecule is COC(C)C(=O)N(C)Cc1cc(N)ccc1Cl. The largest absolute Gasteiger partial charge is 0.399 e. The van der Waals surface area contributed by atoms with Gasteiger partial charge in [-0.05, 0) is 30.7 Å². The van der Waals surface area contributed by atoms with Crippen molar-refractivity contribution in [2.45, 2.75) is 19.6 Å². The number of nitrogens with two attached hydrogens (primary N) is 1. The monoisotopic (exact) mass is 256 g/mol. The molecule has 1 aromatic rings. The number of benzene rings is 1. The maximum Gasteiger partial charge on any atom is 0.251 e. The smallest absolute Gasteiger partial charge is 0.251 e. The van der Waals surface area contributed by atoms with Crippen LogP contribution in [0.2, 0.25) is 5.02 Å². The molecular weight excluding hydrogens is 240 g/mol. The Bertz CT molecular complexity index is 409. The second kappa shape index (κ2) is 5.89. The van der Waals surface area contributed by atoms with Gasteiger partial charge in [-0.2, -0.15) is 0 Å². The van der Waals surface area contributed by atoms with Crippen molar-refractivity contribution in [2.75, 3.05) is 19.9 Å². The molecule has 0 saturated carbocycles. The van der Waals surface area contributed by atoms with E-state index >= 15 is 0 Å². The van der Waals surface area contributed by atoms with Crippen molar-refractivity contribution < 1.29 is 9.53 Å². The van der Waals surface area contributed by atoms with Gasteiger partial charge in [0.05, 0.1) is 0 Å². The Balaban J connectivity index is 2.77. The van der Waals surface area contributed by atoms with E-state index in [2.05, 4.69) is 0 Å². The van der Waals surface area contributed by atoms with Gasteiger partial charge in [-0.3, -0.25) is 4.79 Å². The molecule has 1 atom stereocenters.